The molecule has 4 rings (SSSR count). The van der Waals surface area contributed by atoms with Crippen molar-refractivity contribution in [2.45, 2.75) is 64.5 Å². The molecule has 0 amide bonds. The zero-order valence-corrected chi connectivity index (χ0v) is 18.3. The van der Waals surface area contributed by atoms with Gasteiger partial charge in [-0.25, -0.2) is 0 Å². The Labute approximate surface area is 184 Å². The molecule has 0 atom stereocenters. The Morgan fingerprint density at radius 1 is 0.935 bits per heavy atom. The highest BCUT2D eigenvalue weighted by Crippen LogP contribution is 2.39. The molecule has 2 fully saturated rings. The maximum Gasteiger partial charge on any atom is 0.195 e. The Bertz CT molecular complexity index is 878. The molecular weight excluding hydrogens is 390 g/mol. The van der Waals surface area contributed by atoms with E-state index in [1.165, 1.54) is 12.8 Å². The Balaban J connectivity index is 1.73. The molecule has 0 spiro atoms. The second-order valence-electron chi connectivity index (χ2n) is 8.99. The lowest BCUT2D eigenvalue weighted by Gasteiger charge is -2.29. The molecule has 31 heavy (non-hydrogen) atoms. The first-order valence-electron chi connectivity index (χ1n) is 11.7. The standard InChI is InChI=1S/C25H33N3O3/c29-24(19-10-4-1-5-11-19)21-16-20(17-27-12-6-2-7-13-27)25(30)22(23(21)26-31)18-28-14-8-3-9-15-28/h4,10-11,16,30H,1-3,5-9,12-15,17-18H2. The summed E-state index contributed by atoms with van der Waals surface area (Å²) < 4.78 is 0. The lowest BCUT2D eigenvalue weighted by Crippen LogP contribution is -2.30. The van der Waals surface area contributed by atoms with E-state index in [0.29, 0.717) is 29.8 Å². The number of hydrogen-bond acceptors (Lipinski definition) is 6. The number of nitroso groups, excluding NO2 is 1. The van der Waals surface area contributed by atoms with E-state index in [2.05, 4.69) is 15.0 Å². The van der Waals surface area contributed by atoms with Crippen LogP contribution in [-0.4, -0.2) is 46.9 Å². The Hall–Kier alpha value is -2.31. The molecule has 6 heteroatoms. The number of Topliss-reactive ketones (excluding diaryl/α,β-unsaturated/α-hetero) is 1. The molecule has 6 nitrogen and oxygen atoms in total. The van der Waals surface area contributed by atoms with Crippen LogP contribution < -0.4 is 0 Å². The summed E-state index contributed by atoms with van der Waals surface area (Å²) in [6.45, 7) is 4.90. The first kappa shape index (κ1) is 21.9. The smallest absolute Gasteiger partial charge is 0.195 e. The predicted octanol–water partition coefficient (Wildman–Crippen LogP) is 5.22. The number of ketones is 1. The van der Waals surface area contributed by atoms with E-state index in [1.807, 2.05) is 18.2 Å². The minimum atomic E-state index is -0.176. The van der Waals surface area contributed by atoms with Crippen LogP contribution in [0.25, 0.3) is 0 Å². The van der Waals surface area contributed by atoms with Gasteiger partial charge in [0.25, 0.3) is 0 Å². The van der Waals surface area contributed by atoms with E-state index < -0.39 is 0 Å². The van der Waals surface area contributed by atoms with E-state index in [-0.39, 0.29) is 17.2 Å². The van der Waals surface area contributed by atoms with E-state index in [1.54, 1.807) is 6.07 Å². The largest absolute Gasteiger partial charge is 0.507 e. The van der Waals surface area contributed by atoms with Crippen LogP contribution in [0.15, 0.2) is 35.0 Å². The van der Waals surface area contributed by atoms with Crippen LogP contribution in [-0.2, 0) is 13.1 Å². The molecular formula is C25H33N3O3. The summed E-state index contributed by atoms with van der Waals surface area (Å²) in [5, 5.41) is 14.5. The van der Waals surface area contributed by atoms with Gasteiger partial charge in [-0.1, -0.05) is 31.1 Å². The van der Waals surface area contributed by atoms with Crippen LogP contribution in [0.4, 0.5) is 5.69 Å². The SMILES string of the molecule is O=Nc1c(C(=O)C2=CCCC=C2)cc(CN2CCCCC2)c(O)c1CN1CCCCC1. The predicted molar refractivity (Wildman–Crippen MR) is 123 cm³/mol. The zero-order valence-electron chi connectivity index (χ0n) is 18.3. The third-order valence-corrected chi connectivity index (χ3v) is 6.72. The maximum absolute atomic E-state index is 13.4. The summed E-state index contributed by atoms with van der Waals surface area (Å²) in [4.78, 5) is 29.9. The monoisotopic (exact) mass is 423 g/mol. The number of allylic oxidation sites excluding steroid dienone is 4. The second kappa shape index (κ2) is 10.3. The quantitative estimate of drug-likeness (QED) is 0.481. The fourth-order valence-corrected chi connectivity index (χ4v) is 4.96. The van der Waals surface area contributed by atoms with E-state index in [0.717, 1.165) is 70.3 Å². The second-order valence-corrected chi connectivity index (χ2v) is 8.99. The van der Waals surface area contributed by atoms with Gasteiger partial charge >= 0.3 is 0 Å². The molecule has 2 aliphatic heterocycles. The summed E-state index contributed by atoms with van der Waals surface area (Å²) in [5.74, 6) is -0.0409. The molecule has 2 heterocycles. The number of aromatic hydroxyl groups is 1. The van der Waals surface area contributed by atoms with E-state index >= 15 is 0 Å². The van der Waals surface area contributed by atoms with Crippen molar-refractivity contribution in [1.82, 2.24) is 9.80 Å². The molecule has 0 bridgehead atoms. The molecule has 1 aromatic carbocycles. The van der Waals surface area contributed by atoms with Crippen molar-refractivity contribution >= 4 is 11.5 Å². The first-order chi connectivity index (χ1) is 15.2. The van der Waals surface area contributed by atoms with Crippen LogP contribution in [0.3, 0.4) is 0 Å². The van der Waals surface area contributed by atoms with Gasteiger partial charge in [-0.3, -0.25) is 14.6 Å². The summed E-state index contributed by atoms with van der Waals surface area (Å²) in [5.41, 5.74) is 2.27. The van der Waals surface area contributed by atoms with Crippen molar-refractivity contribution in [1.29, 1.82) is 0 Å². The van der Waals surface area contributed by atoms with E-state index in [4.69, 9.17) is 0 Å². The third kappa shape index (κ3) is 5.13. The number of phenols is 1. The van der Waals surface area contributed by atoms with Crippen molar-refractivity contribution in [3.8, 4) is 5.75 Å². The minimum Gasteiger partial charge on any atom is -0.507 e. The fourth-order valence-electron chi connectivity index (χ4n) is 4.96. The summed E-state index contributed by atoms with van der Waals surface area (Å²) in [6, 6.07) is 1.71. The number of rotatable bonds is 7. The number of hydrogen-bond donors (Lipinski definition) is 1. The number of benzene rings is 1. The molecule has 166 valence electrons. The number of piperidine rings is 2. The number of carbonyl (C=O) groups is 1. The van der Waals surface area contributed by atoms with Crippen molar-refractivity contribution in [3.63, 3.8) is 0 Å². The van der Waals surface area contributed by atoms with Crippen molar-refractivity contribution in [2.24, 2.45) is 5.18 Å². The van der Waals surface area contributed by atoms with Gasteiger partial charge in [-0.05, 0) is 75.9 Å². The maximum atomic E-state index is 13.4. The Kier molecular flexibility index (Phi) is 7.30. The summed E-state index contributed by atoms with van der Waals surface area (Å²) >= 11 is 0. The van der Waals surface area contributed by atoms with Gasteiger partial charge in [0.2, 0.25) is 0 Å². The fraction of sp³-hybridized carbons (Fsp3) is 0.560. The first-order valence-corrected chi connectivity index (χ1v) is 11.7. The molecule has 3 aliphatic rings. The lowest BCUT2D eigenvalue weighted by molar-refractivity contribution is 0.103. The van der Waals surface area contributed by atoms with Crippen LogP contribution >= 0.6 is 0 Å². The highest BCUT2D eigenvalue weighted by Gasteiger charge is 2.27. The number of likely N-dealkylation sites (tertiary alicyclic amines) is 2. The Morgan fingerprint density at radius 2 is 1.58 bits per heavy atom. The van der Waals surface area contributed by atoms with Gasteiger partial charge < -0.3 is 5.11 Å². The third-order valence-electron chi connectivity index (χ3n) is 6.72. The number of phenolic OH excluding ortho intramolecular Hbond substituents is 1. The summed E-state index contributed by atoms with van der Waals surface area (Å²) in [6.07, 6.45) is 14.5. The van der Waals surface area contributed by atoms with Crippen LogP contribution in [0.5, 0.6) is 5.75 Å². The van der Waals surface area contributed by atoms with Gasteiger partial charge in [0.15, 0.2) is 5.78 Å². The molecule has 2 saturated heterocycles. The zero-order chi connectivity index (χ0) is 21.6. The van der Waals surface area contributed by atoms with Gasteiger partial charge in [0, 0.05) is 29.8 Å². The number of carbonyl (C=O) groups excluding carboxylic acids is 1. The molecule has 0 radical (unpaired) electrons. The molecule has 0 aromatic heterocycles. The molecule has 0 unspecified atom stereocenters. The van der Waals surface area contributed by atoms with Gasteiger partial charge in [-0.15, -0.1) is 4.91 Å². The average molecular weight is 424 g/mol. The highest BCUT2D eigenvalue weighted by molar-refractivity contribution is 6.14. The van der Waals surface area contributed by atoms with Gasteiger partial charge in [0.05, 0.1) is 5.56 Å². The highest BCUT2D eigenvalue weighted by atomic mass is 16.3. The van der Waals surface area contributed by atoms with Crippen LogP contribution in [0, 0.1) is 4.91 Å². The molecule has 0 saturated carbocycles. The molecule has 1 N–H and O–H groups in total. The van der Waals surface area contributed by atoms with Crippen LogP contribution in [0.2, 0.25) is 0 Å². The van der Waals surface area contributed by atoms with Crippen LogP contribution in [0.1, 0.15) is 72.9 Å². The molecule has 1 aromatic rings. The summed E-state index contributed by atoms with van der Waals surface area (Å²) in [7, 11) is 0. The topological polar surface area (TPSA) is 73.2 Å². The number of nitrogens with zero attached hydrogens (tertiary/aromatic N) is 3. The van der Waals surface area contributed by atoms with Gasteiger partial charge in [0.1, 0.15) is 11.4 Å². The van der Waals surface area contributed by atoms with Crippen molar-refractivity contribution < 1.29 is 9.90 Å². The van der Waals surface area contributed by atoms with Crippen molar-refractivity contribution in [2.75, 3.05) is 26.2 Å². The minimum absolute atomic E-state index is 0.107. The normalized spacial score (nSPS) is 20.5. The lowest BCUT2D eigenvalue weighted by atomic mass is 9.92. The van der Waals surface area contributed by atoms with E-state index in [9.17, 15) is 14.8 Å². The average Bonchev–Trinajstić information content (AvgIpc) is 2.83. The molecule has 1 aliphatic carbocycles. The Morgan fingerprint density at radius 3 is 2.16 bits per heavy atom. The van der Waals surface area contributed by atoms with Gasteiger partial charge in [-0.2, -0.15) is 0 Å². The van der Waals surface area contributed by atoms with Crippen molar-refractivity contribution in [3.05, 3.63) is 51.5 Å².